The highest BCUT2D eigenvalue weighted by molar-refractivity contribution is 5.53. The van der Waals surface area contributed by atoms with Gasteiger partial charge in [0, 0.05) is 0 Å². The molecule has 68 valence electrons. The zero-order valence-corrected chi connectivity index (χ0v) is 7.83. The number of pyridine rings is 1. The lowest BCUT2D eigenvalue weighted by Crippen LogP contribution is -1.95. The number of hydrogen-bond donors (Lipinski definition) is 1. The first-order chi connectivity index (χ1) is 6.27. The third kappa shape index (κ3) is 2.44. The molecule has 0 aromatic carbocycles. The first kappa shape index (κ1) is 9.52. The molecule has 0 aliphatic heterocycles. The molecule has 2 nitrogen and oxygen atoms in total. The Morgan fingerprint density at radius 1 is 1.54 bits per heavy atom. The van der Waals surface area contributed by atoms with Crippen LogP contribution in [-0.4, -0.2) is 4.98 Å². The van der Waals surface area contributed by atoms with E-state index in [4.69, 9.17) is 5.73 Å². The van der Waals surface area contributed by atoms with Crippen molar-refractivity contribution >= 4 is 11.9 Å². The zero-order chi connectivity index (χ0) is 9.68. The van der Waals surface area contributed by atoms with Gasteiger partial charge in [0.25, 0.3) is 0 Å². The average molecular weight is 174 g/mol. The van der Waals surface area contributed by atoms with Gasteiger partial charge >= 0.3 is 0 Å². The molecule has 0 radical (unpaired) electrons. The van der Waals surface area contributed by atoms with Crippen molar-refractivity contribution in [2.75, 3.05) is 5.73 Å². The average Bonchev–Trinajstić information content (AvgIpc) is 2.15. The number of aromatic nitrogens is 1. The van der Waals surface area contributed by atoms with E-state index in [1.54, 1.807) is 6.08 Å². The maximum atomic E-state index is 5.58. The van der Waals surface area contributed by atoms with E-state index in [1.807, 2.05) is 24.3 Å². The Bertz CT molecular complexity index is 327. The molecule has 0 unspecified atom stereocenters. The van der Waals surface area contributed by atoms with E-state index in [-0.39, 0.29) is 0 Å². The normalized spacial score (nSPS) is 10.5. The van der Waals surface area contributed by atoms with Crippen molar-refractivity contribution in [3.8, 4) is 0 Å². The van der Waals surface area contributed by atoms with Crippen LogP contribution in [0, 0.1) is 0 Å². The van der Waals surface area contributed by atoms with E-state index in [9.17, 15) is 0 Å². The maximum absolute atomic E-state index is 5.58. The van der Waals surface area contributed by atoms with Gasteiger partial charge < -0.3 is 5.73 Å². The highest BCUT2D eigenvalue weighted by Crippen LogP contribution is 2.11. The predicted octanol–water partition coefficient (Wildman–Crippen LogP) is 2.43. The summed E-state index contributed by atoms with van der Waals surface area (Å²) in [5.74, 6) is 0.556. The molecule has 0 saturated carbocycles. The van der Waals surface area contributed by atoms with E-state index in [0.717, 1.165) is 12.1 Å². The minimum atomic E-state index is 0.556. The second-order valence-corrected chi connectivity index (χ2v) is 2.73. The molecule has 0 aliphatic rings. The summed E-state index contributed by atoms with van der Waals surface area (Å²) in [5.41, 5.74) is 7.72. The highest BCUT2D eigenvalue weighted by Gasteiger charge is 1.98. The second kappa shape index (κ2) is 4.45. The van der Waals surface area contributed by atoms with Crippen LogP contribution < -0.4 is 5.73 Å². The van der Waals surface area contributed by atoms with Crippen LogP contribution in [0.15, 0.2) is 30.9 Å². The molecule has 0 fully saturated rings. The van der Waals surface area contributed by atoms with Gasteiger partial charge in [-0.05, 0) is 24.1 Å². The van der Waals surface area contributed by atoms with Gasteiger partial charge in [-0.2, -0.15) is 0 Å². The molecule has 0 atom stereocenters. The summed E-state index contributed by atoms with van der Waals surface area (Å²) < 4.78 is 0. The number of anilines is 1. The third-order valence-corrected chi connectivity index (χ3v) is 1.80. The highest BCUT2D eigenvalue weighted by atomic mass is 14.8. The van der Waals surface area contributed by atoms with Gasteiger partial charge in [-0.25, -0.2) is 4.98 Å². The van der Waals surface area contributed by atoms with Crippen LogP contribution in [-0.2, 0) is 6.42 Å². The van der Waals surface area contributed by atoms with Crippen LogP contribution in [0.5, 0.6) is 0 Å². The van der Waals surface area contributed by atoms with Crippen molar-refractivity contribution < 1.29 is 0 Å². The summed E-state index contributed by atoms with van der Waals surface area (Å²) in [7, 11) is 0. The summed E-state index contributed by atoms with van der Waals surface area (Å²) in [6, 6.07) is 3.83. The van der Waals surface area contributed by atoms with Crippen LogP contribution >= 0.6 is 0 Å². The van der Waals surface area contributed by atoms with Crippen molar-refractivity contribution in [2.45, 2.75) is 13.3 Å². The van der Waals surface area contributed by atoms with Gasteiger partial charge in [0.1, 0.15) is 5.82 Å². The number of nitrogen functional groups attached to an aromatic ring is 1. The fourth-order valence-corrected chi connectivity index (χ4v) is 1.12. The summed E-state index contributed by atoms with van der Waals surface area (Å²) in [6.45, 7) is 5.70. The van der Waals surface area contributed by atoms with Gasteiger partial charge in [-0.3, -0.25) is 0 Å². The van der Waals surface area contributed by atoms with E-state index < -0.39 is 0 Å². The Hall–Kier alpha value is -1.57. The van der Waals surface area contributed by atoms with Gasteiger partial charge in [-0.15, -0.1) is 0 Å². The van der Waals surface area contributed by atoms with Crippen molar-refractivity contribution in [1.29, 1.82) is 0 Å². The van der Waals surface area contributed by atoms with Gasteiger partial charge in [0.05, 0.1) is 5.69 Å². The smallest absolute Gasteiger partial charge is 0.124 e. The molecule has 0 saturated heterocycles. The zero-order valence-electron chi connectivity index (χ0n) is 7.83. The van der Waals surface area contributed by atoms with Gasteiger partial charge in [0.15, 0.2) is 0 Å². The molecule has 1 aromatic rings. The fraction of sp³-hybridized carbons (Fsp3) is 0.182. The fourth-order valence-electron chi connectivity index (χ4n) is 1.12. The first-order valence-electron chi connectivity index (χ1n) is 4.32. The molecule has 2 heteroatoms. The topological polar surface area (TPSA) is 38.9 Å². The minimum Gasteiger partial charge on any atom is -0.384 e. The van der Waals surface area contributed by atoms with Gasteiger partial charge in [0.2, 0.25) is 0 Å². The molecule has 0 aliphatic carbocycles. The number of allylic oxidation sites excluding steroid dienone is 2. The molecule has 0 bridgehead atoms. The summed E-state index contributed by atoms with van der Waals surface area (Å²) in [4.78, 5) is 4.22. The molecular formula is C11H14N2. The molecule has 1 rings (SSSR count). The van der Waals surface area contributed by atoms with E-state index in [0.29, 0.717) is 5.82 Å². The number of hydrogen-bond acceptors (Lipinski definition) is 2. The molecule has 0 spiro atoms. The molecule has 1 aromatic heterocycles. The van der Waals surface area contributed by atoms with Crippen molar-refractivity contribution in [1.82, 2.24) is 4.98 Å². The maximum Gasteiger partial charge on any atom is 0.124 e. The standard InChI is InChI=1S/C11H14N2/c1-3-5-6-10-9(4-2)7-8-11(12)13-10/h3,5-8H,1,4H2,2H3,(H2,12,13)/b6-5-. The number of aryl methyl sites for hydroxylation is 1. The summed E-state index contributed by atoms with van der Waals surface area (Å²) >= 11 is 0. The quantitative estimate of drug-likeness (QED) is 0.715. The van der Waals surface area contributed by atoms with Gasteiger partial charge in [-0.1, -0.05) is 31.7 Å². The van der Waals surface area contributed by atoms with Crippen molar-refractivity contribution in [3.05, 3.63) is 42.1 Å². The lowest BCUT2D eigenvalue weighted by Gasteiger charge is -2.02. The molecule has 2 N–H and O–H groups in total. The van der Waals surface area contributed by atoms with Crippen LogP contribution in [0.4, 0.5) is 5.82 Å². The predicted molar refractivity (Wildman–Crippen MR) is 57.3 cm³/mol. The number of nitrogens with zero attached hydrogens (tertiary/aromatic N) is 1. The molecule has 1 heterocycles. The summed E-state index contributed by atoms with van der Waals surface area (Å²) in [5, 5.41) is 0. The Labute approximate surface area is 78.8 Å². The van der Waals surface area contributed by atoms with Crippen LogP contribution in [0.25, 0.3) is 6.08 Å². The Kier molecular flexibility index (Phi) is 3.26. The monoisotopic (exact) mass is 174 g/mol. The van der Waals surface area contributed by atoms with E-state index >= 15 is 0 Å². The lowest BCUT2D eigenvalue weighted by atomic mass is 10.1. The van der Waals surface area contributed by atoms with Crippen molar-refractivity contribution in [3.63, 3.8) is 0 Å². The molecular weight excluding hydrogens is 160 g/mol. The second-order valence-electron chi connectivity index (χ2n) is 2.73. The van der Waals surface area contributed by atoms with Crippen LogP contribution in [0.2, 0.25) is 0 Å². The van der Waals surface area contributed by atoms with E-state index in [1.165, 1.54) is 5.56 Å². The number of nitrogens with two attached hydrogens (primary N) is 1. The minimum absolute atomic E-state index is 0.556. The van der Waals surface area contributed by atoms with Crippen LogP contribution in [0.1, 0.15) is 18.2 Å². The Balaban J connectivity index is 3.07. The Morgan fingerprint density at radius 3 is 2.92 bits per heavy atom. The van der Waals surface area contributed by atoms with Crippen molar-refractivity contribution in [2.24, 2.45) is 0 Å². The molecule has 13 heavy (non-hydrogen) atoms. The number of rotatable bonds is 3. The summed E-state index contributed by atoms with van der Waals surface area (Å²) in [6.07, 6.45) is 6.47. The van der Waals surface area contributed by atoms with Crippen LogP contribution in [0.3, 0.4) is 0 Å². The Morgan fingerprint density at radius 2 is 2.31 bits per heavy atom. The molecule has 0 amide bonds. The third-order valence-electron chi connectivity index (χ3n) is 1.80. The SMILES string of the molecule is C=C/C=C\c1nc(N)ccc1CC. The first-order valence-corrected chi connectivity index (χ1v) is 4.32. The van der Waals surface area contributed by atoms with E-state index in [2.05, 4.69) is 18.5 Å². The lowest BCUT2D eigenvalue weighted by molar-refractivity contribution is 1.09. The largest absolute Gasteiger partial charge is 0.384 e.